The van der Waals surface area contributed by atoms with Gasteiger partial charge >= 0.3 is 0 Å². The number of hydrogen-bond donors (Lipinski definition) is 0. The molecule has 0 saturated carbocycles. The lowest BCUT2D eigenvalue weighted by molar-refractivity contribution is 0.667. The predicted octanol–water partition coefficient (Wildman–Crippen LogP) is 14.1. The molecule has 0 saturated heterocycles. The van der Waals surface area contributed by atoms with Gasteiger partial charge in [-0.05, 0) is 105 Å². The number of rotatable bonds is 3. The molecule has 0 bridgehead atoms. The first kappa shape index (κ1) is 30.0. The molecule has 0 radical (unpaired) electrons. The molecule has 53 heavy (non-hydrogen) atoms. The van der Waals surface area contributed by atoms with Crippen LogP contribution in [0.4, 0.5) is 11.4 Å². The van der Waals surface area contributed by atoms with E-state index >= 15 is 0 Å². The Balaban J connectivity index is 1.10. The number of allylic oxidation sites excluding steroid dienone is 3. The van der Waals surface area contributed by atoms with Crippen molar-refractivity contribution < 1.29 is 4.42 Å². The molecular weight excluding hydrogens is 643 g/mol. The summed E-state index contributed by atoms with van der Waals surface area (Å²) < 4.78 is 6.56. The Hall–Kier alpha value is -6.64. The number of nitrogens with zero attached hydrogens (tertiary/aromatic N) is 1. The molecule has 1 atom stereocenters. The quantitative estimate of drug-likeness (QED) is 0.185. The minimum absolute atomic E-state index is 0.248. The average molecular weight is 678 g/mol. The summed E-state index contributed by atoms with van der Waals surface area (Å²) in [5, 5.41) is 7.45. The maximum Gasteiger partial charge on any atom is 0.143 e. The van der Waals surface area contributed by atoms with Gasteiger partial charge in [0.2, 0.25) is 0 Å². The molecule has 0 fully saturated rings. The fourth-order valence-electron chi connectivity index (χ4n) is 8.94. The first-order valence-electron chi connectivity index (χ1n) is 18.5. The van der Waals surface area contributed by atoms with Gasteiger partial charge in [0.25, 0.3) is 0 Å². The van der Waals surface area contributed by atoms with Crippen LogP contribution in [-0.4, -0.2) is 0 Å². The normalized spacial score (nSPS) is 15.2. The number of para-hydroxylation sites is 3. The Morgan fingerprint density at radius 3 is 2.02 bits per heavy atom. The number of hydrogen-bond acceptors (Lipinski definition) is 2. The van der Waals surface area contributed by atoms with E-state index in [2.05, 4.69) is 188 Å². The van der Waals surface area contributed by atoms with Crippen LogP contribution in [0.15, 0.2) is 186 Å². The number of furan rings is 1. The summed E-state index contributed by atoms with van der Waals surface area (Å²) in [4.78, 5) is 2.49. The van der Waals surface area contributed by atoms with Gasteiger partial charge in [0.1, 0.15) is 11.2 Å². The molecule has 1 aliphatic carbocycles. The maximum atomic E-state index is 6.56. The Bertz CT molecular complexity index is 2990. The third-order valence-corrected chi connectivity index (χ3v) is 11.5. The molecule has 250 valence electrons. The molecule has 2 heteroatoms. The van der Waals surface area contributed by atoms with Crippen LogP contribution in [0, 0.1) is 6.92 Å². The van der Waals surface area contributed by atoms with Gasteiger partial charge < -0.3 is 9.32 Å². The first-order chi connectivity index (χ1) is 26.2. The fourth-order valence-corrected chi connectivity index (χ4v) is 8.94. The molecule has 9 aromatic rings. The molecule has 1 unspecified atom stereocenters. The van der Waals surface area contributed by atoms with Crippen LogP contribution in [0.5, 0.6) is 0 Å². The van der Waals surface area contributed by atoms with Crippen molar-refractivity contribution in [1.82, 2.24) is 0 Å². The van der Waals surface area contributed by atoms with Crippen LogP contribution < -0.4 is 4.90 Å². The second kappa shape index (κ2) is 11.7. The Labute approximate surface area is 308 Å². The van der Waals surface area contributed by atoms with Gasteiger partial charge in [0, 0.05) is 39.2 Å². The SMILES string of the molecule is Cc1cccc2c1oc1c(-c3ccc(N4C5=C(CC(c6cccc7ccccc67)C=C5)c5cc6ccccc6cc5-c5ccccc54)cc3)cccc12. The number of fused-ring (bicyclic) bond motifs is 9. The largest absolute Gasteiger partial charge is 0.455 e. The monoisotopic (exact) mass is 677 g/mol. The summed E-state index contributed by atoms with van der Waals surface area (Å²) in [5.41, 5.74) is 15.4. The standard InChI is InChI=1S/C51H35NO/c1-32-11-8-20-43-44-21-10-19-41(51(44)53-50(32)43)34-23-26-38(27-24-34)52-48-22-7-6-17-42(48)45-29-35-13-2-3-14-36(35)30-46(45)47-31-37(25-28-49(47)52)40-18-9-15-33-12-4-5-16-39(33)40/h2-30,37H,31H2,1H3. The lowest BCUT2D eigenvalue weighted by Crippen LogP contribution is -2.19. The zero-order chi connectivity index (χ0) is 35.0. The minimum atomic E-state index is 0.248. The average Bonchev–Trinajstić information content (AvgIpc) is 3.56. The molecule has 1 aromatic heterocycles. The molecular formula is C51H35NO. The molecule has 11 rings (SSSR count). The number of anilines is 2. The smallest absolute Gasteiger partial charge is 0.143 e. The fraction of sp³-hybridized carbons (Fsp3) is 0.0588. The van der Waals surface area contributed by atoms with Gasteiger partial charge in [-0.25, -0.2) is 0 Å². The predicted molar refractivity (Wildman–Crippen MR) is 223 cm³/mol. The highest BCUT2D eigenvalue weighted by atomic mass is 16.3. The van der Waals surface area contributed by atoms with Crippen molar-refractivity contribution in [1.29, 1.82) is 0 Å². The summed E-state index contributed by atoms with van der Waals surface area (Å²) in [6.07, 6.45) is 5.72. The molecule has 8 aromatic carbocycles. The van der Waals surface area contributed by atoms with Crippen LogP contribution in [0.1, 0.15) is 29.0 Å². The number of aryl methyl sites for hydroxylation is 1. The van der Waals surface area contributed by atoms with Gasteiger partial charge in [-0.3, -0.25) is 0 Å². The van der Waals surface area contributed by atoms with Gasteiger partial charge in [0.15, 0.2) is 0 Å². The highest BCUT2D eigenvalue weighted by Crippen LogP contribution is 2.51. The third kappa shape index (κ3) is 4.65. The van der Waals surface area contributed by atoms with Crippen molar-refractivity contribution in [2.24, 2.45) is 0 Å². The van der Waals surface area contributed by atoms with E-state index < -0.39 is 0 Å². The lowest BCUT2D eigenvalue weighted by Gasteiger charge is -2.32. The molecule has 2 heterocycles. The Kier molecular flexibility index (Phi) is 6.63. The molecule has 0 amide bonds. The van der Waals surface area contributed by atoms with Crippen molar-refractivity contribution in [3.63, 3.8) is 0 Å². The van der Waals surface area contributed by atoms with Crippen LogP contribution in [-0.2, 0) is 0 Å². The first-order valence-corrected chi connectivity index (χ1v) is 18.5. The highest BCUT2D eigenvalue weighted by molar-refractivity contribution is 6.10. The minimum Gasteiger partial charge on any atom is -0.455 e. The van der Waals surface area contributed by atoms with E-state index in [1.54, 1.807) is 0 Å². The van der Waals surface area contributed by atoms with Crippen LogP contribution in [0.2, 0.25) is 0 Å². The topological polar surface area (TPSA) is 16.4 Å². The van der Waals surface area contributed by atoms with Gasteiger partial charge in [-0.2, -0.15) is 0 Å². The van der Waals surface area contributed by atoms with E-state index in [0.29, 0.717) is 0 Å². The van der Waals surface area contributed by atoms with Crippen LogP contribution in [0.3, 0.4) is 0 Å². The van der Waals surface area contributed by atoms with E-state index in [-0.39, 0.29) is 5.92 Å². The van der Waals surface area contributed by atoms with E-state index in [1.165, 1.54) is 60.8 Å². The van der Waals surface area contributed by atoms with Gasteiger partial charge in [-0.1, -0.05) is 140 Å². The molecule has 0 N–H and O–H groups in total. The van der Waals surface area contributed by atoms with Crippen molar-refractivity contribution in [2.45, 2.75) is 19.3 Å². The second-order valence-electron chi connectivity index (χ2n) is 14.5. The van der Waals surface area contributed by atoms with Crippen molar-refractivity contribution in [3.05, 3.63) is 198 Å². The summed E-state index contributed by atoms with van der Waals surface area (Å²) in [6.45, 7) is 2.12. The third-order valence-electron chi connectivity index (χ3n) is 11.5. The van der Waals surface area contributed by atoms with E-state index in [9.17, 15) is 0 Å². The molecule has 0 spiro atoms. The Morgan fingerprint density at radius 2 is 1.17 bits per heavy atom. The van der Waals surface area contributed by atoms with Crippen molar-refractivity contribution >= 4 is 60.4 Å². The van der Waals surface area contributed by atoms with Crippen LogP contribution in [0.25, 0.3) is 71.3 Å². The van der Waals surface area contributed by atoms with Crippen LogP contribution >= 0.6 is 0 Å². The second-order valence-corrected chi connectivity index (χ2v) is 14.5. The van der Waals surface area contributed by atoms with E-state index in [4.69, 9.17) is 4.42 Å². The van der Waals surface area contributed by atoms with Gasteiger partial charge in [0.05, 0.1) is 5.69 Å². The zero-order valence-electron chi connectivity index (χ0n) is 29.4. The molecule has 1 aliphatic heterocycles. The van der Waals surface area contributed by atoms with E-state index in [0.717, 1.165) is 50.7 Å². The van der Waals surface area contributed by atoms with Gasteiger partial charge in [-0.15, -0.1) is 0 Å². The lowest BCUT2D eigenvalue weighted by atomic mass is 9.80. The van der Waals surface area contributed by atoms with Crippen molar-refractivity contribution in [3.8, 4) is 22.3 Å². The summed E-state index contributed by atoms with van der Waals surface area (Å²) in [7, 11) is 0. The summed E-state index contributed by atoms with van der Waals surface area (Å²) >= 11 is 0. The summed E-state index contributed by atoms with van der Waals surface area (Å²) in [6, 6.07) is 60.0. The summed E-state index contributed by atoms with van der Waals surface area (Å²) in [5.74, 6) is 0.248. The number of benzene rings is 8. The Morgan fingerprint density at radius 1 is 0.528 bits per heavy atom. The molecule has 2 nitrogen and oxygen atoms in total. The molecule has 2 aliphatic rings. The van der Waals surface area contributed by atoms with E-state index in [1.807, 2.05) is 0 Å². The van der Waals surface area contributed by atoms with Crippen molar-refractivity contribution in [2.75, 3.05) is 4.90 Å². The highest BCUT2D eigenvalue weighted by Gasteiger charge is 2.31. The maximum absolute atomic E-state index is 6.56. The zero-order valence-corrected chi connectivity index (χ0v) is 29.4.